The first-order valence-electron chi connectivity index (χ1n) is 14.8. The first-order chi connectivity index (χ1) is 19.5. The number of carbonyl (C=O) groups excluding carboxylic acids is 2. The number of hydrogen-bond acceptors (Lipinski definition) is 5. The van der Waals surface area contributed by atoms with Gasteiger partial charge in [-0.15, -0.1) is 0 Å². The SMILES string of the molecule is CC(C)(C)OC(=O)N[C@@H](Cc1c[nH]c2ccccc12)C(=O)N1CC[C@H]2O[C@H]3c4ccccc4OC(C)(C)[C@@H]3C[C@H]2C1. The van der Waals surface area contributed by atoms with E-state index in [0.717, 1.165) is 40.6 Å². The molecule has 0 bridgehead atoms. The number of aromatic nitrogens is 1. The van der Waals surface area contributed by atoms with Gasteiger partial charge in [-0.1, -0.05) is 36.4 Å². The minimum Gasteiger partial charge on any atom is -0.487 e. The number of H-pyrrole nitrogens is 1. The van der Waals surface area contributed by atoms with Crippen LogP contribution >= 0.6 is 0 Å². The van der Waals surface area contributed by atoms with Crippen LogP contribution in [0.1, 0.15) is 64.7 Å². The van der Waals surface area contributed by atoms with Crippen LogP contribution in [0.3, 0.4) is 0 Å². The molecule has 5 atom stereocenters. The highest BCUT2D eigenvalue weighted by atomic mass is 16.6. The third-order valence-corrected chi connectivity index (χ3v) is 8.80. The Morgan fingerprint density at radius 2 is 1.90 bits per heavy atom. The number of rotatable bonds is 4. The molecule has 2 fully saturated rings. The Balaban J connectivity index is 1.21. The standard InChI is InChI=1S/C33H41N3O5/c1-32(2,3)41-31(38)35-26(17-20-18-34-25-12-8-6-10-22(20)25)30(37)36-15-14-27-21(19-36)16-24-29(39-27)23-11-7-9-13-28(23)40-33(24,4)5/h6-13,18,21,24,26-27,29,34H,14-17,19H2,1-5H3,(H,35,38)/t21-,24+,26-,27+,29-/m0/s1. The van der Waals surface area contributed by atoms with E-state index in [2.05, 4.69) is 30.2 Å². The van der Waals surface area contributed by atoms with Crippen LogP contribution in [-0.4, -0.2) is 58.3 Å². The maximum atomic E-state index is 14.1. The molecule has 41 heavy (non-hydrogen) atoms. The van der Waals surface area contributed by atoms with Crippen LogP contribution in [0.5, 0.6) is 5.75 Å². The smallest absolute Gasteiger partial charge is 0.408 e. The number of hydrogen-bond donors (Lipinski definition) is 2. The molecule has 0 unspecified atom stereocenters. The van der Waals surface area contributed by atoms with Crippen molar-refractivity contribution in [1.29, 1.82) is 0 Å². The highest BCUT2D eigenvalue weighted by Crippen LogP contribution is 2.52. The summed E-state index contributed by atoms with van der Waals surface area (Å²) in [6.07, 6.45) is 3.43. The topological polar surface area (TPSA) is 92.9 Å². The number of para-hydroxylation sites is 2. The third-order valence-electron chi connectivity index (χ3n) is 8.80. The molecule has 0 radical (unpaired) electrons. The van der Waals surface area contributed by atoms with Crippen LogP contribution in [0, 0.1) is 11.8 Å². The minimum absolute atomic E-state index is 0.0121. The number of piperidine rings is 1. The summed E-state index contributed by atoms with van der Waals surface area (Å²) in [6.45, 7) is 10.9. The molecule has 2 N–H and O–H groups in total. The van der Waals surface area contributed by atoms with Crippen molar-refractivity contribution < 1.29 is 23.8 Å². The monoisotopic (exact) mass is 559 g/mol. The van der Waals surface area contributed by atoms with Gasteiger partial charge in [-0.3, -0.25) is 4.79 Å². The van der Waals surface area contributed by atoms with Crippen LogP contribution in [0.25, 0.3) is 10.9 Å². The lowest BCUT2D eigenvalue weighted by molar-refractivity contribution is -0.189. The fourth-order valence-electron chi connectivity index (χ4n) is 6.85. The molecule has 0 aliphatic carbocycles. The Morgan fingerprint density at radius 1 is 1.15 bits per heavy atom. The van der Waals surface area contributed by atoms with E-state index < -0.39 is 17.7 Å². The van der Waals surface area contributed by atoms with E-state index in [1.54, 1.807) is 0 Å². The molecule has 8 heteroatoms. The molecular formula is C33H41N3O5. The summed E-state index contributed by atoms with van der Waals surface area (Å²) in [4.78, 5) is 32.1. The average molecular weight is 560 g/mol. The van der Waals surface area contributed by atoms with Gasteiger partial charge in [0.15, 0.2) is 0 Å². The number of nitrogens with one attached hydrogen (secondary N) is 2. The first-order valence-corrected chi connectivity index (χ1v) is 14.8. The summed E-state index contributed by atoms with van der Waals surface area (Å²) in [6, 6.07) is 15.4. The van der Waals surface area contributed by atoms with Crippen LogP contribution < -0.4 is 10.1 Å². The van der Waals surface area contributed by atoms with Crippen molar-refractivity contribution in [2.75, 3.05) is 13.1 Å². The zero-order valence-electron chi connectivity index (χ0n) is 24.6. The van der Waals surface area contributed by atoms with Crippen molar-refractivity contribution in [3.63, 3.8) is 0 Å². The summed E-state index contributed by atoms with van der Waals surface area (Å²) in [5.41, 5.74) is 2.05. The highest BCUT2D eigenvalue weighted by molar-refractivity contribution is 5.88. The van der Waals surface area contributed by atoms with Gasteiger partial charge in [-0.05, 0) is 65.2 Å². The maximum Gasteiger partial charge on any atom is 0.408 e. The van der Waals surface area contributed by atoms with Gasteiger partial charge in [-0.2, -0.15) is 0 Å². The zero-order chi connectivity index (χ0) is 28.9. The van der Waals surface area contributed by atoms with Gasteiger partial charge in [0.05, 0.1) is 12.2 Å². The number of amides is 2. The van der Waals surface area contributed by atoms with Crippen molar-refractivity contribution in [3.8, 4) is 5.75 Å². The van der Waals surface area contributed by atoms with Crippen molar-refractivity contribution >= 4 is 22.9 Å². The lowest BCUT2D eigenvalue weighted by Gasteiger charge is -2.53. The summed E-state index contributed by atoms with van der Waals surface area (Å²) < 4.78 is 18.8. The van der Waals surface area contributed by atoms with Crippen molar-refractivity contribution in [2.45, 2.75) is 83.3 Å². The summed E-state index contributed by atoms with van der Waals surface area (Å²) in [5.74, 6) is 1.18. The quantitative estimate of drug-likeness (QED) is 0.423. The largest absolute Gasteiger partial charge is 0.487 e. The fraction of sp³-hybridized carbons (Fsp3) is 0.515. The third kappa shape index (κ3) is 5.54. The van der Waals surface area contributed by atoms with Gasteiger partial charge < -0.3 is 29.4 Å². The number of carbonyl (C=O) groups is 2. The average Bonchev–Trinajstić information content (AvgIpc) is 3.33. The van der Waals surface area contributed by atoms with Crippen molar-refractivity contribution in [3.05, 3.63) is 65.9 Å². The molecule has 1 aromatic heterocycles. The van der Waals surface area contributed by atoms with E-state index in [0.29, 0.717) is 19.5 Å². The molecule has 2 aromatic carbocycles. The molecule has 0 saturated carbocycles. The van der Waals surface area contributed by atoms with Gasteiger partial charge in [-0.25, -0.2) is 4.79 Å². The number of aromatic amines is 1. The molecular weight excluding hydrogens is 518 g/mol. The molecule has 8 nitrogen and oxygen atoms in total. The van der Waals surface area contributed by atoms with Gasteiger partial charge >= 0.3 is 6.09 Å². The van der Waals surface area contributed by atoms with Crippen LogP contribution in [0.2, 0.25) is 0 Å². The van der Waals surface area contributed by atoms with Gasteiger partial charge in [0, 0.05) is 54.0 Å². The summed E-state index contributed by atoms with van der Waals surface area (Å²) >= 11 is 0. The van der Waals surface area contributed by atoms with E-state index in [-0.39, 0.29) is 35.6 Å². The fourth-order valence-corrected chi connectivity index (χ4v) is 6.85. The molecule has 4 heterocycles. The van der Waals surface area contributed by atoms with E-state index in [9.17, 15) is 9.59 Å². The minimum atomic E-state index is -0.751. The Kier molecular flexibility index (Phi) is 7.00. The molecule has 0 spiro atoms. The molecule has 3 aliphatic heterocycles. The van der Waals surface area contributed by atoms with E-state index in [1.165, 1.54) is 0 Å². The lowest BCUT2D eigenvalue weighted by atomic mass is 9.70. The Morgan fingerprint density at radius 3 is 2.71 bits per heavy atom. The molecule has 218 valence electrons. The predicted molar refractivity (Wildman–Crippen MR) is 157 cm³/mol. The van der Waals surface area contributed by atoms with Crippen molar-refractivity contribution in [1.82, 2.24) is 15.2 Å². The Hall–Kier alpha value is -3.52. The van der Waals surface area contributed by atoms with Crippen LogP contribution in [0.15, 0.2) is 54.7 Å². The second kappa shape index (κ2) is 10.4. The van der Waals surface area contributed by atoms with E-state index in [1.807, 2.05) is 74.3 Å². The maximum absolute atomic E-state index is 14.1. The number of alkyl carbamates (subject to hydrolysis) is 1. The first kappa shape index (κ1) is 27.6. The summed E-state index contributed by atoms with van der Waals surface area (Å²) in [7, 11) is 0. The van der Waals surface area contributed by atoms with Gasteiger partial charge in [0.25, 0.3) is 0 Å². The normalized spacial score (nSPS) is 25.7. The highest BCUT2D eigenvalue weighted by Gasteiger charge is 2.51. The predicted octanol–water partition coefficient (Wildman–Crippen LogP) is 5.77. The van der Waals surface area contributed by atoms with Crippen molar-refractivity contribution in [2.24, 2.45) is 11.8 Å². The molecule has 2 amide bonds. The molecule has 3 aliphatic rings. The number of ether oxygens (including phenoxy) is 3. The van der Waals surface area contributed by atoms with E-state index >= 15 is 0 Å². The van der Waals surface area contributed by atoms with Crippen LogP contribution in [0.4, 0.5) is 4.79 Å². The lowest BCUT2D eigenvalue weighted by Crippen LogP contribution is -2.58. The molecule has 6 rings (SSSR count). The van der Waals surface area contributed by atoms with Crippen LogP contribution in [-0.2, 0) is 20.7 Å². The molecule has 3 aromatic rings. The molecule has 2 saturated heterocycles. The Bertz CT molecular complexity index is 1440. The summed E-state index contributed by atoms with van der Waals surface area (Å²) in [5, 5.41) is 3.94. The number of benzene rings is 2. The number of fused-ring (bicyclic) bond motifs is 5. The zero-order valence-corrected chi connectivity index (χ0v) is 24.6. The number of likely N-dealkylation sites (tertiary alicyclic amines) is 1. The second-order valence-corrected chi connectivity index (χ2v) is 13.3. The van der Waals surface area contributed by atoms with E-state index in [4.69, 9.17) is 14.2 Å². The Labute approximate surface area is 241 Å². The van der Waals surface area contributed by atoms with Gasteiger partial charge in [0.2, 0.25) is 5.91 Å². The number of nitrogens with zero attached hydrogens (tertiary/aromatic N) is 1. The van der Waals surface area contributed by atoms with Gasteiger partial charge in [0.1, 0.15) is 23.0 Å². The second-order valence-electron chi connectivity index (χ2n) is 13.3.